The highest BCUT2D eigenvalue weighted by atomic mass is 19.4. The summed E-state index contributed by atoms with van der Waals surface area (Å²) in [5, 5.41) is 3.17. The quantitative estimate of drug-likeness (QED) is 0.930. The number of amides is 1. The van der Waals surface area contributed by atoms with E-state index in [-0.39, 0.29) is 12.3 Å². The molecule has 1 aromatic carbocycles. The minimum absolute atomic E-state index is 0.0220. The first-order valence-corrected chi connectivity index (χ1v) is 7.01. The van der Waals surface area contributed by atoms with Gasteiger partial charge in [0.15, 0.2) is 0 Å². The van der Waals surface area contributed by atoms with Crippen LogP contribution in [0.15, 0.2) is 24.3 Å². The van der Waals surface area contributed by atoms with Gasteiger partial charge < -0.3 is 10.2 Å². The molecule has 21 heavy (non-hydrogen) atoms. The highest BCUT2D eigenvalue weighted by Crippen LogP contribution is 2.29. The van der Waals surface area contributed by atoms with Gasteiger partial charge in [0.1, 0.15) is 0 Å². The predicted molar refractivity (Wildman–Crippen MR) is 73.8 cm³/mol. The number of rotatable bonds is 3. The van der Waals surface area contributed by atoms with E-state index < -0.39 is 11.7 Å². The fourth-order valence-corrected chi connectivity index (χ4v) is 2.56. The molecule has 6 heteroatoms. The molecule has 0 unspecified atom stereocenters. The van der Waals surface area contributed by atoms with Crippen LogP contribution >= 0.6 is 0 Å². The van der Waals surface area contributed by atoms with Crippen molar-refractivity contribution in [1.82, 2.24) is 10.2 Å². The molecule has 1 N–H and O–H groups in total. The summed E-state index contributed by atoms with van der Waals surface area (Å²) >= 11 is 0. The maximum absolute atomic E-state index is 12.6. The summed E-state index contributed by atoms with van der Waals surface area (Å²) in [4.78, 5) is 13.9. The normalized spacial score (nSPS) is 17.0. The average molecular weight is 300 g/mol. The van der Waals surface area contributed by atoms with Crippen molar-refractivity contribution in [3.05, 3.63) is 35.4 Å². The lowest BCUT2D eigenvalue weighted by molar-refractivity contribution is -0.138. The Labute approximate surface area is 122 Å². The number of carbonyl (C=O) groups excluding carboxylic acids is 1. The highest BCUT2D eigenvalue weighted by Gasteiger charge is 2.30. The van der Waals surface area contributed by atoms with Crippen molar-refractivity contribution < 1.29 is 18.0 Å². The minimum Gasteiger partial charge on any atom is -0.342 e. The molecule has 3 nitrogen and oxygen atoms in total. The predicted octanol–water partition coefficient (Wildman–Crippen LogP) is 2.46. The number of benzene rings is 1. The van der Waals surface area contributed by atoms with E-state index in [1.165, 1.54) is 6.07 Å². The van der Waals surface area contributed by atoms with Gasteiger partial charge in [-0.2, -0.15) is 13.2 Å². The van der Waals surface area contributed by atoms with Gasteiger partial charge in [-0.25, -0.2) is 0 Å². The van der Waals surface area contributed by atoms with Crippen LogP contribution in [-0.4, -0.2) is 37.0 Å². The Kier molecular flexibility index (Phi) is 4.88. The van der Waals surface area contributed by atoms with Crippen LogP contribution < -0.4 is 5.32 Å². The van der Waals surface area contributed by atoms with Crippen molar-refractivity contribution in [2.75, 3.05) is 20.1 Å². The van der Waals surface area contributed by atoms with E-state index in [9.17, 15) is 18.0 Å². The summed E-state index contributed by atoms with van der Waals surface area (Å²) in [5.74, 6) is -0.108. The number of carbonyl (C=O) groups is 1. The average Bonchev–Trinajstić information content (AvgIpc) is 2.47. The summed E-state index contributed by atoms with van der Waals surface area (Å²) in [6.07, 6.45) is -2.59. The lowest BCUT2D eigenvalue weighted by atomic mass is 10.0. The van der Waals surface area contributed by atoms with Crippen LogP contribution in [0.2, 0.25) is 0 Å². The molecule has 0 saturated carbocycles. The minimum atomic E-state index is -4.37. The second kappa shape index (κ2) is 6.47. The smallest absolute Gasteiger partial charge is 0.342 e. The van der Waals surface area contributed by atoms with Crippen LogP contribution in [0, 0.1) is 0 Å². The number of likely N-dealkylation sites (tertiary alicyclic amines) is 1. The SMILES string of the molecule is CNC1CCN(C(=O)Cc2cccc(C(F)(F)F)c2)CC1. The topological polar surface area (TPSA) is 32.3 Å². The first kappa shape index (κ1) is 15.8. The Hall–Kier alpha value is -1.56. The molecule has 0 bridgehead atoms. The molecular formula is C15H19F3N2O. The largest absolute Gasteiger partial charge is 0.416 e. The van der Waals surface area contributed by atoms with Crippen LogP contribution in [0.3, 0.4) is 0 Å². The Morgan fingerprint density at radius 1 is 1.33 bits per heavy atom. The Morgan fingerprint density at radius 3 is 2.57 bits per heavy atom. The zero-order valence-electron chi connectivity index (χ0n) is 11.9. The van der Waals surface area contributed by atoms with E-state index in [0.29, 0.717) is 24.7 Å². The number of alkyl halides is 3. The van der Waals surface area contributed by atoms with Crippen LogP contribution in [-0.2, 0) is 17.4 Å². The number of nitrogens with one attached hydrogen (secondary N) is 1. The summed E-state index contributed by atoms with van der Waals surface area (Å²) in [7, 11) is 1.89. The van der Waals surface area contributed by atoms with E-state index >= 15 is 0 Å². The summed E-state index contributed by atoms with van der Waals surface area (Å²) in [6, 6.07) is 5.40. The van der Waals surface area contributed by atoms with E-state index in [4.69, 9.17) is 0 Å². The van der Waals surface area contributed by atoms with Crippen LogP contribution in [0.25, 0.3) is 0 Å². The van der Waals surface area contributed by atoms with Gasteiger partial charge in [-0.15, -0.1) is 0 Å². The zero-order valence-corrected chi connectivity index (χ0v) is 11.9. The van der Waals surface area contributed by atoms with Crippen molar-refractivity contribution in [3.63, 3.8) is 0 Å². The monoisotopic (exact) mass is 300 g/mol. The molecule has 1 heterocycles. The van der Waals surface area contributed by atoms with E-state index in [0.717, 1.165) is 25.0 Å². The molecule has 1 aromatic rings. The lowest BCUT2D eigenvalue weighted by Crippen LogP contribution is -2.44. The lowest BCUT2D eigenvalue weighted by Gasteiger charge is -2.32. The van der Waals surface area contributed by atoms with E-state index in [2.05, 4.69) is 5.32 Å². The molecule has 116 valence electrons. The number of halogens is 3. The fraction of sp³-hybridized carbons (Fsp3) is 0.533. The number of piperidine rings is 1. The van der Waals surface area contributed by atoms with Crippen molar-refractivity contribution in [2.45, 2.75) is 31.5 Å². The third-order valence-corrected chi connectivity index (χ3v) is 3.87. The van der Waals surface area contributed by atoms with Crippen LogP contribution in [0.4, 0.5) is 13.2 Å². The van der Waals surface area contributed by atoms with Gasteiger partial charge in [0.25, 0.3) is 0 Å². The number of hydrogen-bond acceptors (Lipinski definition) is 2. The first-order chi connectivity index (χ1) is 9.90. The standard InChI is InChI=1S/C15H19F3N2O/c1-19-13-5-7-20(8-6-13)14(21)10-11-3-2-4-12(9-11)15(16,17)18/h2-4,9,13,19H,5-8,10H2,1H3. The summed E-state index contributed by atoms with van der Waals surface area (Å²) < 4.78 is 37.9. The van der Waals surface area contributed by atoms with Gasteiger partial charge in [-0.05, 0) is 31.5 Å². The summed E-state index contributed by atoms with van der Waals surface area (Å²) in [6.45, 7) is 1.31. The summed E-state index contributed by atoms with van der Waals surface area (Å²) in [5.41, 5.74) is -0.299. The third-order valence-electron chi connectivity index (χ3n) is 3.87. The molecule has 0 atom stereocenters. The van der Waals surface area contributed by atoms with Crippen molar-refractivity contribution >= 4 is 5.91 Å². The molecule has 0 radical (unpaired) electrons. The molecule has 2 rings (SSSR count). The Balaban J connectivity index is 1.97. The third kappa shape index (κ3) is 4.20. The Morgan fingerprint density at radius 2 is 2.00 bits per heavy atom. The van der Waals surface area contributed by atoms with Crippen molar-refractivity contribution in [2.24, 2.45) is 0 Å². The van der Waals surface area contributed by atoms with Gasteiger partial charge >= 0.3 is 6.18 Å². The Bertz CT molecular complexity index is 494. The molecule has 1 amide bonds. The number of hydrogen-bond donors (Lipinski definition) is 1. The van der Waals surface area contributed by atoms with Crippen molar-refractivity contribution in [3.8, 4) is 0 Å². The van der Waals surface area contributed by atoms with Crippen molar-refractivity contribution in [1.29, 1.82) is 0 Å². The maximum atomic E-state index is 12.6. The molecular weight excluding hydrogens is 281 g/mol. The molecule has 1 fully saturated rings. The second-order valence-electron chi connectivity index (χ2n) is 5.32. The highest BCUT2D eigenvalue weighted by molar-refractivity contribution is 5.78. The molecule has 0 aromatic heterocycles. The maximum Gasteiger partial charge on any atom is 0.416 e. The van der Waals surface area contributed by atoms with Crippen LogP contribution in [0.1, 0.15) is 24.0 Å². The molecule has 0 aliphatic carbocycles. The van der Waals surface area contributed by atoms with Gasteiger partial charge in [0.05, 0.1) is 12.0 Å². The van der Waals surface area contributed by atoms with Gasteiger partial charge in [0, 0.05) is 19.1 Å². The van der Waals surface area contributed by atoms with E-state index in [1.54, 1.807) is 11.0 Å². The first-order valence-electron chi connectivity index (χ1n) is 7.01. The zero-order chi connectivity index (χ0) is 15.5. The van der Waals surface area contributed by atoms with Gasteiger partial charge in [0.2, 0.25) is 5.91 Å². The van der Waals surface area contributed by atoms with E-state index in [1.807, 2.05) is 7.05 Å². The molecule has 1 saturated heterocycles. The fourth-order valence-electron chi connectivity index (χ4n) is 2.56. The van der Waals surface area contributed by atoms with Gasteiger partial charge in [-0.1, -0.05) is 18.2 Å². The molecule has 0 spiro atoms. The molecule has 1 aliphatic heterocycles. The molecule has 1 aliphatic rings. The second-order valence-corrected chi connectivity index (χ2v) is 5.32. The number of nitrogens with zero attached hydrogens (tertiary/aromatic N) is 1. The van der Waals surface area contributed by atoms with Crippen LogP contribution in [0.5, 0.6) is 0 Å². The van der Waals surface area contributed by atoms with Gasteiger partial charge in [-0.3, -0.25) is 4.79 Å².